The van der Waals surface area contributed by atoms with E-state index in [9.17, 15) is 22.8 Å². The van der Waals surface area contributed by atoms with Crippen molar-refractivity contribution in [2.45, 2.75) is 17.6 Å². The molecule has 4 nitrogen and oxygen atoms in total. The van der Waals surface area contributed by atoms with Crippen LogP contribution in [0.3, 0.4) is 0 Å². The van der Waals surface area contributed by atoms with Crippen LogP contribution in [0.2, 0.25) is 0 Å². The average molecular weight is 354 g/mol. The van der Waals surface area contributed by atoms with Crippen molar-refractivity contribution in [1.82, 2.24) is 4.57 Å². The van der Waals surface area contributed by atoms with Gasteiger partial charge in [0.2, 0.25) is 5.91 Å². The molecule has 1 aliphatic heterocycles. The maximum atomic E-state index is 12.8. The maximum Gasteiger partial charge on any atom is 0.417 e. The Labute approximate surface area is 139 Å². The number of fused-ring (bicyclic) bond motifs is 1. The third-order valence-corrected chi connectivity index (χ3v) is 4.69. The molecule has 1 aromatic heterocycles. The minimum absolute atomic E-state index is 0.413. The first kappa shape index (κ1) is 16.6. The first-order valence-corrected chi connectivity index (χ1v) is 8.15. The van der Waals surface area contributed by atoms with Gasteiger partial charge in [-0.2, -0.15) is 13.2 Å². The fourth-order valence-electron chi connectivity index (χ4n) is 2.48. The second kappa shape index (κ2) is 6.35. The van der Waals surface area contributed by atoms with Crippen molar-refractivity contribution < 1.29 is 18.0 Å². The highest BCUT2D eigenvalue weighted by atomic mass is 32.2. The number of carbonyl (C=O) groups is 1. The minimum atomic E-state index is -4.56. The summed E-state index contributed by atoms with van der Waals surface area (Å²) >= 11 is 1.61. The van der Waals surface area contributed by atoms with Gasteiger partial charge in [0.05, 0.1) is 11.3 Å². The lowest BCUT2D eigenvalue weighted by molar-refractivity contribution is -0.138. The SMILES string of the molecule is O=C(Cn1cc(C(F)(F)F)ccc1=O)N1CCSc2ccccc21. The lowest BCUT2D eigenvalue weighted by Crippen LogP contribution is -2.39. The van der Waals surface area contributed by atoms with Crippen LogP contribution in [-0.4, -0.2) is 22.8 Å². The molecule has 1 aromatic carbocycles. The van der Waals surface area contributed by atoms with Gasteiger partial charge in [0.25, 0.3) is 5.56 Å². The molecule has 0 radical (unpaired) electrons. The van der Waals surface area contributed by atoms with Crippen molar-refractivity contribution in [2.24, 2.45) is 0 Å². The highest BCUT2D eigenvalue weighted by Gasteiger charge is 2.31. The van der Waals surface area contributed by atoms with Gasteiger partial charge in [-0.25, -0.2) is 0 Å². The zero-order chi connectivity index (χ0) is 17.3. The number of aromatic nitrogens is 1. The van der Waals surface area contributed by atoms with Crippen LogP contribution in [0.25, 0.3) is 0 Å². The molecule has 8 heteroatoms. The molecular weight excluding hydrogens is 341 g/mol. The van der Waals surface area contributed by atoms with Gasteiger partial charge in [-0.1, -0.05) is 12.1 Å². The van der Waals surface area contributed by atoms with Crippen LogP contribution in [-0.2, 0) is 17.5 Å². The van der Waals surface area contributed by atoms with E-state index >= 15 is 0 Å². The van der Waals surface area contributed by atoms with Crippen molar-refractivity contribution in [3.8, 4) is 0 Å². The fraction of sp³-hybridized carbons (Fsp3) is 0.250. The van der Waals surface area contributed by atoms with E-state index in [0.717, 1.165) is 27.3 Å². The number of carbonyl (C=O) groups excluding carboxylic acids is 1. The number of amides is 1. The summed E-state index contributed by atoms with van der Waals surface area (Å²) in [5.41, 5.74) is -0.876. The molecule has 0 aliphatic carbocycles. The lowest BCUT2D eigenvalue weighted by atomic mass is 10.2. The highest BCUT2D eigenvalue weighted by molar-refractivity contribution is 7.99. The highest BCUT2D eigenvalue weighted by Crippen LogP contribution is 2.34. The number of anilines is 1. The van der Waals surface area contributed by atoms with E-state index in [1.807, 2.05) is 12.1 Å². The van der Waals surface area contributed by atoms with E-state index < -0.39 is 29.8 Å². The third-order valence-electron chi connectivity index (χ3n) is 3.65. The number of rotatable bonds is 2. The Morgan fingerprint density at radius 3 is 2.67 bits per heavy atom. The van der Waals surface area contributed by atoms with Gasteiger partial charge in [0.15, 0.2) is 0 Å². The van der Waals surface area contributed by atoms with Crippen molar-refractivity contribution in [1.29, 1.82) is 0 Å². The van der Waals surface area contributed by atoms with E-state index in [0.29, 0.717) is 18.5 Å². The largest absolute Gasteiger partial charge is 0.417 e. The van der Waals surface area contributed by atoms with E-state index in [1.54, 1.807) is 23.9 Å². The van der Waals surface area contributed by atoms with E-state index in [-0.39, 0.29) is 0 Å². The van der Waals surface area contributed by atoms with Gasteiger partial charge < -0.3 is 9.47 Å². The van der Waals surface area contributed by atoms with Crippen molar-refractivity contribution in [3.63, 3.8) is 0 Å². The fourth-order valence-corrected chi connectivity index (χ4v) is 3.48. The number of para-hydroxylation sites is 1. The zero-order valence-electron chi connectivity index (χ0n) is 12.4. The molecule has 0 spiro atoms. The molecule has 0 bridgehead atoms. The van der Waals surface area contributed by atoms with Crippen LogP contribution in [0.4, 0.5) is 18.9 Å². The molecule has 1 amide bonds. The Kier molecular flexibility index (Phi) is 4.40. The summed E-state index contributed by atoms with van der Waals surface area (Å²) in [5, 5.41) is 0. The Morgan fingerprint density at radius 2 is 1.92 bits per heavy atom. The normalized spacial score (nSPS) is 14.4. The zero-order valence-corrected chi connectivity index (χ0v) is 13.2. The first-order valence-electron chi connectivity index (χ1n) is 7.16. The Hall–Kier alpha value is -2.22. The average Bonchev–Trinajstić information content (AvgIpc) is 2.55. The molecule has 0 fully saturated rings. The van der Waals surface area contributed by atoms with Gasteiger partial charge in [0.1, 0.15) is 6.54 Å². The van der Waals surface area contributed by atoms with Gasteiger partial charge in [-0.3, -0.25) is 9.59 Å². The van der Waals surface area contributed by atoms with Crippen LogP contribution >= 0.6 is 11.8 Å². The second-order valence-electron chi connectivity index (χ2n) is 5.24. The van der Waals surface area contributed by atoms with Crippen LogP contribution in [0, 0.1) is 0 Å². The third kappa shape index (κ3) is 3.33. The molecule has 1 aliphatic rings. The first-order chi connectivity index (χ1) is 11.4. The Morgan fingerprint density at radius 1 is 1.17 bits per heavy atom. The molecule has 0 saturated heterocycles. The molecule has 0 unspecified atom stereocenters. The summed E-state index contributed by atoms with van der Waals surface area (Å²) in [6.07, 6.45) is -3.88. The molecular formula is C16H13F3N2O2S. The summed E-state index contributed by atoms with van der Waals surface area (Å²) in [6.45, 7) is 0.0238. The number of hydrogen-bond acceptors (Lipinski definition) is 3. The van der Waals surface area contributed by atoms with Gasteiger partial charge in [-0.15, -0.1) is 11.8 Å². The number of thioether (sulfide) groups is 1. The molecule has 0 saturated carbocycles. The van der Waals surface area contributed by atoms with E-state index in [4.69, 9.17) is 0 Å². The van der Waals surface area contributed by atoms with Crippen molar-refractivity contribution in [3.05, 3.63) is 58.5 Å². The number of hydrogen-bond donors (Lipinski definition) is 0. The second-order valence-corrected chi connectivity index (χ2v) is 6.38. The predicted octanol–water partition coefficient (Wildman–Crippen LogP) is 3.01. The molecule has 0 N–H and O–H groups in total. The van der Waals surface area contributed by atoms with Crippen molar-refractivity contribution >= 4 is 23.4 Å². The summed E-state index contributed by atoms with van der Waals surface area (Å²) in [6, 6.07) is 8.87. The smallest absolute Gasteiger partial charge is 0.309 e. The summed E-state index contributed by atoms with van der Waals surface area (Å²) in [7, 11) is 0. The number of nitrogens with zero attached hydrogens (tertiary/aromatic N) is 2. The van der Waals surface area contributed by atoms with Crippen LogP contribution in [0.15, 0.2) is 52.3 Å². The molecule has 2 aromatic rings. The van der Waals surface area contributed by atoms with Crippen LogP contribution in [0.1, 0.15) is 5.56 Å². The summed E-state index contributed by atoms with van der Waals surface area (Å²) < 4.78 is 39.1. The Bertz CT molecular complexity index is 833. The molecule has 3 rings (SSSR count). The molecule has 126 valence electrons. The Balaban J connectivity index is 1.88. The monoisotopic (exact) mass is 354 g/mol. The predicted molar refractivity (Wildman–Crippen MR) is 85.2 cm³/mol. The summed E-state index contributed by atoms with van der Waals surface area (Å²) in [4.78, 5) is 26.8. The summed E-state index contributed by atoms with van der Waals surface area (Å²) in [5.74, 6) is 0.282. The molecule has 2 heterocycles. The number of benzene rings is 1. The number of halogens is 3. The van der Waals surface area contributed by atoms with Crippen LogP contribution in [0.5, 0.6) is 0 Å². The minimum Gasteiger partial charge on any atom is -0.309 e. The molecule has 0 atom stereocenters. The standard InChI is InChI=1S/C16H13F3N2O2S/c17-16(18,19)11-5-6-14(22)20(9-11)10-15(23)21-7-8-24-13-4-2-1-3-12(13)21/h1-6,9H,7-8,10H2. The van der Waals surface area contributed by atoms with E-state index in [2.05, 4.69) is 0 Å². The van der Waals surface area contributed by atoms with E-state index in [1.165, 1.54) is 4.90 Å². The van der Waals surface area contributed by atoms with Gasteiger partial charge >= 0.3 is 6.18 Å². The lowest BCUT2D eigenvalue weighted by Gasteiger charge is -2.29. The molecule has 24 heavy (non-hydrogen) atoms. The van der Waals surface area contributed by atoms with Gasteiger partial charge in [-0.05, 0) is 18.2 Å². The van der Waals surface area contributed by atoms with Crippen LogP contribution < -0.4 is 10.5 Å². The maximum absolute atomic E-state index is 12.8. The van der Waals surface area contributed by atoms with Crippen molar-refractivity contribution in [2.75, 3.05) is 17.2 Å². The van der Waals surface area contributed by atoms with Gasteiger partial charge in [0, 0.05) is 29.5 Å². The number of pyridine rings is 1. The topological polar surface area (TPSA) is 42.3 Å². The quantitative estimate of drug-likeness (QED) is 0.833. The number of alkyl halides is 3.